The Bertz CT molecular complexity index is 726. The molecule has 176 valence electrons. The predicted octanol–water partition coefficient (Wildman–Crippen LogP) is 5.02. The summed E-state index contributed by atoms with van der Waals surface area (Å²) in [6, 6.07) is 0. The van der Waals surface area contributed by atoms with Crippen LogP contribution in [0, 0.1) is 23.2 Å². The van der Waals surface area contributed by atoms with E-state index in [1.165, 1.54) is 37.7 Å². The van der Waals surface area contributed by atoms with Crippen LogP contribution in [0.4, 0.5) is 0 Å². The molecule has 4 heteroatoms. The molecule has 0 aromatic heterocycles. The van der Waals surface area contributed by atoms with Crippen molar-refractivity contribution in [2.75, 3.05) is 0 Å². The van der Waals surface area contributed by atoms with E-state index in [2.05, 4.69) is 26.5 Å². The van der Waals surface area contributed by atoms with Crippen molar-refractivity contribution in [2.24, 2.45) is 23.2 Å². The Balaban J connectivity index is 1.72. The maximum Gasteiger partial charge on any atom is 0.191 e. The fourth-order valence-electron chi connectivity index (χ4n) is 6.81. The molecule has 3 aliphatic carbocycles. The first-order valence-corrected chi connectivity index (χ1v) is 12.3. The van der Waals surface area contributed by atoms with Crippen LogP contribution in [0.3, 0.4) is 0 Å². The maximum atomic E-state index is 10.1. The van der Waals surface area contributed by atoms with Crippen LogP contribution in [0.2, 0.25) is 0 Å². The van der Waals surface area contributed by atoms with Crippen molar-refractivity contribution in [2.45, 2.75) is 109 Å². The van der Waals surface area contributed by atoms with Crippen molar-refractivity contribution in [1.82, 2.24) is 0 Å². The second kappa shape index (κ2) is 9.13. The number of allylic oxidation sites excluding steroid dienone is 3. The van der Waals surface area contributed by atoms with Crippen molar-refractivity contribution in [1.29, 1.82) is 0 Å². The van der Waals surface area contributed by atoms with E-state index in [1.807, 2.05) is 19.9 Å². The summed E-state index contributed by atoms with van der Waals surface area (Å²) in [5.41, 5.74) is 2.28. The molecule has 5 atom stereocenters. The van der Waals surface area contributed by atoms with Crippen molar-refractivity contribution >= 4 is 0 Å². The molecule has 0 aromatic rings. The maximum absolute atomic E-state index is 10.1. The minimum absolute atomic E-state index is 0.0759. The second-order valence-corrected chi connectivity index (χ2v) is 11.6. The monoisotopic (exact) mass is 432 g/mol. The molecule has 0 bridgehead atoms. The lowest BCUT2D eigenvalue weighted by molar-refractivity contribution is -0.155. The molecule has 0 aliphatic heterocycles. The summed E-state index contributed by atoms with van der Waals surface area (Å²) in [5, 5.41) is 40.4. The van der Waals surface area contributed by atoms with Gasteiger partial charge >= 0.3 is 0 Å². The van der Waals surface area contributed by atoms with Gasteiger partial charge in [-0.3, -0.25) is 0 Å². The summed E-state index contributed by atoms with van der Waals surface area (Å²) in [7, 11) is 0. The number of hydrogen-bond acceptors (Lipinski definition) is 4. The van der Waals surface area contributed by atoms with E-state index in [1.54, 1.807) is 0 Å². The van der Waals surface area contributed by atoms with Crippen LogP contribution in [0.15, 0.2) is 35.5 Å². The molecule has 31 heavy (non-hydrogen) atoms. The normalized spacial score (nSPS) is 37.3. The van der Waals surface area contributed by atoms with Crippen molar-refractivity contribution < 1.29 is 20.4 Å². The zero-order valence-corrected chi connectivity index (χ0v) is 20.0. The lowest BCUT2D eigenvalue weighted by atomic mass is 9.60. The first-order chi connectivity index (χ1) is 14.3. The predicted molar refractivity (Wildman–Crippen MR) is 125 cm³/mol. The quantitative estimate of drug-likeness (QED) is 0.444. The third-order valence-electron chi connectivity index (χ3n) is 8.52. The highest BCUT2D eigenvalue weighted by Gasteiger charge is 2.50. The lowest BCUT2D eigenvalue weighted by Crippen LogP contribution is -2.40. The standard InChI is InChI=1S/C27H44O4/c1-18(8-6-14-25(3,4)29)23-12-13-24-20(9-7-15-26(23,24)5)10-11-21-16-22(28)17-27(30,31)19(21)2/h10-11,18,22-24,28-31H,2,6-9,12-17H2,1,3-5H3/b20-10?,21-11-/t18-,22-,23-,24?,26-/m1/s1. The Labute approximate surface area is 188 Å². The average molecular weight is 433 g/mol. The number of hydrogen-bond donors (Lipinski definition) is 4. The fourth-order valence-corrected chi connectivity index (χ4v) is 6.81. The third-order valence-corrected chi connectivity index (χ3v) is 8.52. The van der Waals surface area contributed by atoms with Gasteiger partial charge < -0.3 is 20.4 Å². The van der Waals surface area contributed by atoms with Gasteiger partial charge in [0.05, 0.1) is 11.7 Å². The highest BCUT2D eigenvalue weighted by Crippen LogP contribution is 2.60. The number of fused-ring (bicyclic) bond motifs is 1. The number of aliphatic hydroxyl groups is 4. The van der Waals surface area contributed by atoms with Gasteiger partial charge in [-0.05, 0) is 87.5 Å². The van der Waals surface area contributed by atoms with Crippen LogP contribution in [-0.2, 0) is 0 Å². The zero-order chi connectivity index (χ0) is 23.0. The van der Waals surface area contributed by atoms with Crippen molar-refractivity contribution in [3.05, 3.63) is 35.5 Å². The molecule has 3 rings (SSSR count). The number of aliphatic hydroxyl groups excluding tert-OH is 1. The van der Waals surface area contributed by atoms with Gasteiger partial charge in [-0.25, -0.2) is 0 Å². The molecule has 3 saturated carbocycles. The Kier molecular flexibility index (Phi) is 7.27. The van der Waals surface area contributed by atoms with Gasteiger partial charge in [0.2, 0.25) is 0 Å². The lowest BCUT2D eigenvalue weighted by Gasteiger charge is -2.44. The Morgan fingerprint density at radius 2 is 1.94 bits per heavy atom. The van der Waals surface area contributed by atoms with E-state index in [0.717, 1.165) is 24.8 Å². The highest BCUT2D eigenvalue weighted by atomic mass is 16.5. The molecular weight excluding hydrogens is 388 g/mol. The second-order valence-electron chi connectivity index (χ2n) is 11.6. The topological polar surface area (TPSA) is 80.9 Å². The van der Waals surface area contributed by atoms with E-state index >= 15 is 0 Å². The zero-order valence-electron chi connectivity index (χ0n) is 20.0. The van der Waals surface area contributed by atoms with Gasteiger partial charge in [0.25, 0.3) is 0 Å². The summed E-state index contributed by atoms with van der Waals surface area (Å²) >= 11 is 0. The highest BCUT2D eigenvalue weighted by molar-refractivity contribution is 5.40. The van der Waals surface area contributed by atoms with E-state index < -0.39 is 17.5 Å². The van der Waals surface area contributed by atoms with Crippen LogP contribution in [0.1, 0.15) is 91.9 Å². The molecular formula is C27H44O4. The van der Waals surface area contributed by atoms with Gasteiger partial charge in [-0.2, -0.15) is 0 Å². The summed E-state index contributed by atoms with van der Waals surface area (Å²) in [5.74, 6) is -0.0629. The van der Waals surface area contributed by atoms with Crippen LogP contribution in [0.5, 0.6) is 0 Å². The minimum atomic E-state index is -2.01. The van der Waals surface area contributed by atoms with E-state index in [9.17, 15) is 20.4 Å². The molecule has 0 amide bonds. The van der Waals surface area contributed by atoms with Crippen LogP contribution in [0.25, 0.3) is 0 Å². The molecule has 0 aromatic carbocycles. The first kappa shape index (κ1) is 24.7. The third kappa shape index (κ3) is 5.52. The molecule has 0 radical (unpaired) electrons. The van der Waals surface area contributed by atoms with Gasteiger partial charge in [0.1, 0.15) is 0 Å². The van der Waals surface area contributed by atoms with Gasteiger partial charge in [-0.15, -0.1) is 0 Å². The number of rotatable bonds is 6. The molecule has 0 saturated heterocycles. The summed E-state index contributed by atoms with van der Waals surface area (Å²) < 4.78 is 0. The van der Waals surface area contributed by atoms with Crippen LogP contribution >= 0.6 is 0 Å². The Morgan fingerprint density at radius 1 is 1.23 bits per heavy atom. The van der Waals surface area contributed by atoms with Gasteiger partial charge in [0.15, 0.2) is 5.79 Å². The average Bonchev–Trinajstić information content (AvgIpc) is 2.99. The van der Waals surface area contributed by atoms with Crippen LogP contribution < -0.4 is 0 Å². The van der Waals surface area contributed by atoms with E-state index in [4.69, 9.17) is 0 Å². The largest absolute Gasteiger partial charge is 0.393 e. The molecule has 4 N–H and O–H groups in total. The summed E-state index contributed by atoms with van der Waals surface area (Å²) in [6.07, 6.45) is 12.9. The summed E-state index contributed by atoms with van der Waals surface area (Å²) in [4.78, 5) is 0. The van der Waals surface area contributed by atoms with Gasteiger partial charge in [-0.1, -0.05) is 51.0 Å². The SMILES string of the molecule is C=C1/C(=C\C=C2CCC[C@@]3(C)C2CC[C@@H]3[C@H](C)CCCC(C)(C)O)C[C@@H](O)CC1(O)O. The molecule has 0 heterocycles. The molecule has 3 aliphatic rings. The van der Waals surface area contributed by atoms with Crippen molar-refractivity contribution in [3.8, 4) is 0 Å². The molecule has 1 unspecified atom stereocenters. The fraction of sp³-hybridized carbons (Fsp3) is 0.778. The van der Waals surface area contributed by atoms with E-state index in [0.29, 0.717) is 35.2 Å². The summed E-state index contributed by atoms with van der Waals surface area (Å²) in [6.45, 7) is 12.6. The Hall–Kier alpha value is -0.940. The molecule has 0 spiro atoms. The molecule has 3 fully saturated rings. The van der Waals surface area contributed by atoms with Gasteiger partial charge in [0, 0.05) is 12.0 Å². The first-order valence-electron chi connectivity index (χ1n) is 12.3. The van der Waals surface area contributed by atoms with Crippen molar-refractivity contribution in [3.63, 3.8) is 0 Å². The smallest absolute Gasteiger partial charge is 0.191 e. The molecule has 4 nitrogen and oxygen atoms in total. The minimum Gasteiger partial charge on any atom is -0.393 e. The van der Waals surface area contributed by atoms with E-state index in [-0.39, 0.29) is 6.42 Å². The Morgan fingerprint density at radius 3 is 2.61 bits per heavy atom. The van der Waals surface area contributed by atoms with Crippen LogP contribution in [-0.4, -0.2) is 37.9 Å².